The van der Waals surface area contributed by atoms with E-state index in [1.807, 2.05) is 6.08 Å². The molecule has 9 N–H and O–H groups in total. The zero-order valence-corrected chi connectivity index (χ0v) is 60.3. The number of aliphatic hydroxyl groups is 8. The normalized spacial score (nSPS) is 22.9. The van der Waals surface area contributed by atoms with Gasteiger partial charge in [-0.05, 0) is 96.3 Å². The highest BCUT2D eigenvalue weighted by Gasteiger charge is 2.51. The van der Waals surface area contributed by atoms with E-state index >= 15 is 0 Å². The maximum atomic E-state index is 13.4. The number of allylic oxidation sites excluding steroid dienone is 19. The molecule has 0 aromatic heterocycles. The minimum absolute atomic E-state index is 0.236. The summed E-state index contributed by atoms with van der Waals surface area (Å²) in [6, 6.07) is -0.957. The molecule has 2 aliphatic rings. The first-order valence-corrected chi connectivity index (χ1v) is 38.8. The van der Waals surface area contributed by atoms with Gasteiger partial charge in [-0.3, -0.25) is 4.79 Å². The van der Waals surface area contributed by atoms with Crippen molar-refractivity contribution in [3.8, 4) is 0 Å². The molecule has 552 valence electrons. The minimum Gasteiger partial charge on any atom is -0.394 e. The lowest BCUT2D eigenvalue weighted by Crippen LogP contribution is -2.65. The highest BCUT2D eigenvalue weighted by atomic mass is 16.7. The molecule has 14 heteroatoms. The highest BCUT2D eigenvalue weighted by molar-refractivity contribution is 5.76. The molecule has 2 fully saturated rings. The van der Waals surface area contributed by atoms with Crippen LogP contribution in [0.2, 0.25) is 0 Å². The second kappa shape index (κ2) is 64.7. The fourth-order valence-electron chi connectivity index (χ4n) is 12.0. The second-order valence-electron chi connectivity index (χ2n) is 26.7. The molecule has 0 saturated carbocycles. The third-order valence-corrected chi connectivity index (χ3v) is 18.1. The predicted octanol–water partition coefficient (Wildman–Crippen LogP) is 17.2. The van der Waals surface area contributed by atoms with Crippen LogP contribution in [0, 0.1) is 0 Å². The summed E-state index contributed by atoms with van der Waals surface area (Å²) in [4.78, 5) is 13.4. The maximum absolute atomic E-state index is 13.4. The lowest BCUT2D eigenvalue weighted by molar-refractivity contribution is -0.359. The van der Waals surface area contributed by atoms with Gasteiger partial charge in [0.2, 0.25) is 5.91 Å². The van der Waals surface area contributed by atoms with E-state index < -0.39 is 86.8 Å². The lowest BCUT2D eigenvalue weighted by Gasteiger charge is -2.46. The first-order chi connectivity index (χ1) is 47.1. The van der Waals surface area contributed by atoms with E-state index in [4.69, 9.17) is 18.9 Å². The van der Waals surface area contributed by atoms with Gasteiger partial charge in [0, 0.05) is 6.42 Å². The molecule has 0 aromatic carbocycles. The van der Waals surface area contributed by atoms with Crippen LogP contribution in [0.1, 0.15) is 296 Å². The van der Waals surface area contributed by atoms with Crippen LogP contribution in [0.15, 0.2) is 122 Å². The van der Waals surface area contributed by atoms with Crippen molar-refractivity contribution >= 4 is 5.91 Å². The Labute approximate surface area is 584 Å². The molecule has 0 aliphatic carbocycles. The Morgan fingerprint density at radius 3 is 1.15 bits per heavy atom. The number of ether oxygens (including phenoxy) is 4. The third-order valence-electron chi connectivity index (χ3n) is 18.1. The average molecular weight is 1350 g/mol. The van der Waals surface area contributed by atoms with Gasteiger partial charge in [0.05, 0.1) is 32.0 Å². The van der Waals surface area contributed by atoms with Crippen molar-refractivity contribution in [3.05, 3.63) is 122 Å². The van der Waals surface area contributed by atoms with Crippen LogP contribution >= 0.6 is 0 Å². The Bertz CT molecular complexity index is 2080. The molecule has 12 unspecified atom stereocenters. The van der Waals surface area contributed by atoms with E-state index in [1.165, 1.54) is 173 Å². The average Bonchev–Trinajstić information content (AvgIpc) is 0.854. The van der Waals surface area contributed by atoms with Crippen LogP contribution in [-0.4, -0.2) is 140 Å². The first-order valence-electron chi connectivity index (χ1n) is 38.8. The molecule has 0 radical (unpaired) electrons. The predicted molar refractivity (Wildman–Crippen MR) is 396 cm³/mol. The van der Waals surface area contributed by atoms with Gasteiger partial charge in [0.1, 0.15) is 48.8 Å². The van der Waals surface area contributed by atoms with Crippen molar-refractivity contribution in [2.45, 2.75) is 370 Å². The molecule has 0 spiro atoms. The van der Waals surface area contributed by atoms with E-state index in [9.17, 15) is 45.6 Å². The molecule has 12 atom stereocenters. The fraction of sp³-hybridized carbons (Fsp3) is 0.744. The van der Waals surface area contributed by atoms with E-state index in [1.54, 1.807) is 6.08 Å². The van der Waals surface area contributed by atoms with Crippen LogP contribution in [0.25, 0.3) is 0 Å². The summed E-state index contributed by atoms with van der Waals surface area (Å²) in [5, 5.41) is 87.6. The number of aliphatic hydroxyl groups excluding tert-OH is 8. The molecule has 0 aromatic rings. The molecule has 1 amide bonds. The summed E-state index contributed by atoms with van der Waals surface area (Å²) in [5.74, 6) is -0.276. The molecule has 96 heavy (non-hydrogen) atoms. The largest absolute Gasteiger partial charge is 0.394 e. The topological polar surface area (TPSA) is 228 Å². The van der Waals surface area contributed by atoms with E-state index in [-0.39, 0.29) is 18.9 Å². The summed E-state index contributed by atoms with van der Waals surface area (Å²) >= 11 is 0. The number of hydrogen-bond donors (Lipinski definition) is 9. The molecule has 2 heterocycles. The summed E-state index contributed by atoms with van der Waals surface area (Å²) in [7, 11) is 0. The number of carbonyl (C=O) groups excluding carboxylic acids is 1. The second-order valence-corrected chi connectivity index (χ2v) is 26.7. The third kappa shape index (κ3) is 47.4. The van der Waals surface area contributed by atoms with Gasteiger partial charge in [-0.2, -0.15) is 0 Å². The number of hydrogen-bond acceptors (Lipinski definition) is 13. The van der Waals surface area contributed by atoms with Crippen LogP contribution < -0.4 is 5.32 Å². The van der Waals surface area contributed by atoms with Gasteiger partial charge in [-0.1, -0.05) is 315 Å². The lowest BCUT2D eigenvalue weighted by atomic mass is 9.97. The van der Waals surface area contributed by atoms with Crippen molar-refractivity contribution in [1.29, 1.82) is 0 Å². The number of carbonyl (C=O) groups is 1. The Kier molecular flexibility index (Phi) is 59.7. The molecule has 2 aliphatic heterocycles. The fourth-order valence-corrected chi connectivity index (χ4v) is 12.0. The number of amides is 1. The van der Waals surface area contributed by atoms with Gasteiger partial charge in [-0.15, -0.1) is 0 Å². The zero-order valence-electron chi connectivity index (χ0n) is 60.3. The van der Waals surface area contributed by atoms with Gasteiger partial charge in [0.15, 0.2) is 12.6 Å². The molecule has 2 saturated heterocycles. The van der Waals surface area contributed by atoms with E-state index in [0.717, 1.165) is 89.9 Å². The Hall–Kier alpha value is -3.61. The van der Waals surface area contributed by atoms with Crippen molar-refractivity contribution in [2.75, 3.05) is 19.8 Å². The molecular weight excluding hydrogens is 1210 g/mol. The van der Waals surface area contributed by atoms with Gasteiger partial charge in [-0.25, -0.2) is 0 Å². The minimum atomic E-state index is -1.80. The highest BCUT2D eigenvalue weighted by Crippen LogP contribution is 2.30. The van der Waals surface area contributed by atoms with Crippen molar-refractivity contribution in [2.24, 2.45) is 0 Å². The van der Waals surface area contributed by atoms with Gasteiger partial charge < -0.3 is 65.1 Å². The van der Waals surface area contributed by atoms with Crippen LogP contribution in [0.5, 0.6) is 0 Å². The summed E-state index contributed by atoms with van der Waals surface area (Å²) in [6.07, 6.45) is 78.4. The SMILES string of the molecule is CC/C=C\C/C=C\C/C=C\C/C=C\C/C=C\C/C=C\C/C=C\C/C=C\CCCCCCC(=O)NC(COC1OC(CO)C(OC2OC(CO)C(O)C(O)C2O)C(O)C1O)C(O)/C=C/CC/C=C/CCCCCCCCCCCCCCCCCCCCCCCCCCCCC. The summed E-state index contributed by atoms with van der Waals surface area (Å²) in [5.41, 5.74) is 0. The Morgan fingerprint density at radius 1 is 0.385 bits per heavy atom. The first kappa shape index (κ1) is 88.5. The molecular formula is C82H141NO13. The van der Waals surface area contributed by atoms with Crippen LogP contribution in [0.3, 0.4) is 0 Å². The standard InChI is InChI=1S/C82H141NO13/c1-3-5-7-9-11-13-15-17-19-21-23-25-27-29-31-33-34-35-36-38-39-41-43-45-47-49-51-53-55-57-59-61-63-65-71(86)70(69-93-81-79(92)77(90)80(73(68-85)95-81)96-82-78(91)76(89)75(88)72(67-84)94-82)83-74(87)66-64-62-60-58-56-54-52-50-48-46-44-42-40-37-32-30-28-26-24-22-20-18-16-14-12-10-8-6-4-2/h6,8,12,14,18,20,24,26,30,32,40,42,46,48,52,54-55,57,63,65,70-73,75-82,84-86,88-92H,3-5,7,9-11,13,15-17,19,21-23,25,27-29,31,33-39,41,43-45,47,49-51,53,56,58-62,64,66-69H2,1-2H3,(H,83,87)/b8-6-,14-12-,20-18-,26-24-,32-30-,42-40-,48-46-,54-52-,57-55+,65-63+. The summed E-state index contributed by atoms with van der Waals surface area (Å²) < 4.78 is 22.9. The number of unbranched alkanes of at least 4 members (excludes halogenated alkanes) is 32. The molecule has 14 nitrogen and oxygen atoms in total. The Balaban J connectivity index is 1.68. The molecule has 2 rings (SSSR count). The van der Waals surface area contributed by atoms with Crippen molar-refractivity contribution in [1.82, 2.24) is 5.32 Å². The van der Waals surface area contributed by atoms with Crippen molar-refractivity contribution in [3.63, 3.8) is 0 Å². The maximum Gasteiger partial charge on any atom is 0.220 e. The Morgan fingerprint density at radius 2 is 0.729 bits per heavy atom. The van der Waals surface area contributed by atoms with Crippen molar-refractivity contribution < 1.29 is 64.6 Å². The van der Waals surface area contributed by atoms with Gasteiger partial charge in [0.25, 0.3) is 0 Å². The number of rotatable bonds is 63. The van der Waals surface area contributed by atoms with Crippen LogP contribution in [0.4, 0.5) is 0 Å². The quantitative estimate of drug-likeness (QED) is 0.0204. The smallest absolute Gasteiger partial charge is 0.220 e. The number of nitrogens with one attached hydrogen (secondary N) is 1. The van der Waals surface area contributed by atoms with Gasteiger partial charge >= 0.3 is 0 Å². The zero-order chi connectivity index (χ0) is 69.4. The van der Waals surface area contributed by atoms with E-state index in [0.29, 0.717) is 12.8 Å². The van der Waals surface area contributed by atoms with E-state index in [2.05, 4.69) is 129 Å². The summed E-state index contributed by atoms with van der Waals surface area (Å²) in [6.45, 7) is 2.67. The monoisotopic (exact) mass is 1350 g/mol. The van der Waals surface area contributed by atoms with Crippen LogP contribution in [-0.2, 0) is 23.7 Å². The molecule has 0 bridgehead atoms.